The van der Waals surface area contributed by atoms with Crippen LogP contribution in [0.25, 0.3) is 94.7 Å². The number of benzene rings is 7. The van der Waals surface area contributed by atoms with Gasteiger partial charge in [-0.15, -0.1) is 0 Å². The number of nitrogens with zero attached hydrogens (tertiary/aromatic N) is 5. The number of para-hydroxylation sites is 1. The maximum absolute atomic E-state index is 9.49. The van der Waals surface area contributed by atoms with Crippen LogP contribution in [0.4, 0.5) is 0 Å². The van der Waals surface area contributed by atoms with Gasteiger partial charge in [-0.05, 0) is 108 Å². The molecule has 12 rings (SSSR count). The molecule has 0 spiro atoms. The maximum Gasteiger partial charge on any atom is 0.164 e. The van der Waals surface area contributed by atoms with Crippen molar-refractivity contribution in [2.75, 3.05) is 0 Å². The summed E-state index contributed by atoms with van der Waals surface area (Å²) in [6, 6.07) is 57.4. The zero-order chi connectivity index (χ0) is 40.7. The van der Waals surface area contributed by atoms with E-state index in [0.717, 1.165) is 66.8 Å². The van der Waals surface area contributed by atoms with Gasteiger partial charge in [0.15, 0.2) is 17.5 Å². The molecule has 3 atom stereocenters. The largest absolute Gasteiger partial charge is 0.456 e. The molecule has 6 nitrogen and oxygen atoms in total. The monoisotopic (exact) mass is 787 g/mol. The molecule has 7 aromatic carbocycles. The van der Waals surface area contributed by atoms with Crippen LogP contribution < -0.4 is 0 Å². The molecule has 1 unspecified atom stereocenters. The average molecular weight is 788 g/mol. The average Bonchev–Trinajstić information content (AvgIpc) is 3.98. The molecule has 292 valence electrons. The molecule has 0 amide bonds. The van der Waals surface area contributed by atoms with Crippen molar-refractivity contribution >= 4 is 43.7 Å². The van der Waals surface area contributed by atoms with E-state index in [0.29, 0.717) is 34.2 Å². The van der Waals surface area contributed by atoms with E-state index in [2.05, 4.69) is 109 Å². The Morgan fingerprint density at radius 1 is 0.574 bits per heavy atom. The summed E-state index contributed by atoms with van der Waals surface area (Å²) in [5.41, 5.74) is 12.1. The first-order valence-corrected chi connectivity index (χ1v) is 21.4. The van der Waals surface area contributed by atoms with Gasteiger partial charge in [0.2, 0.25) is 0 Å². The van der Waals surface area contributed by atoms with Crippen LogP contribution in [-0.2, 0) is 5.41 Å². The standard InChI is InChI=1S/C55H41N5O/c1-55(31-34-17-18-35(27-34)32-55)41-23-20-37(21-24-41)39-11-7-12-42(29-39)60-47-15-6-5-13-45(47)51-46(14-8-16-48(51)60)54-58-52(38-9-3-2-4-10-38)57-53(59-54)40-22-26-44-43-25-19-36(33-56)28-49(43)61-50(44)30-40/h2-16,19-26,28-30,34-35H,17-18,27,31-32H2,1H3/t34-,35+,55?. The lowest BCUT2D eigenvalue weighted by atomic mass is 9.66. The van der Waals surface area contributed by atoms with Gasteiger partial charge in [-0.2, -0.15) is 5.26 Å². The third kappa shape index (κ3) is 5.95. The van der Waals surface area contributed by atoms with Crippen molar-refractivity contribution in [3.05, 3.63) is 169 Å². The van der Waals surface area contributed by atoms with Crippen LogP contribution in [0.2, 0.25) is 0 Å². The third-order valence-corrected chi connectivity index (χ3v) is 13.6. The van der Waals surface area contributed by atoms with Crippen LogP contribution in [0.1, 0.15) is 50.2 Å². The maximum atomic E-state index is 9.49. The van der Waals surface area contributed by atoms with E-state index >= 15 is 0 Å². The molecule has 2 fully saturated rings. The summed E-state index contributed by atoms with van der Waals surface area (Å²) >= 11 is 0. The molecular weight excluding hydrogens is 747 g/mol. The first kappa shape index (κ1) is 35.6. The van der Waals surface area contributed by atoms with Crippen LogP contribution in [0, 0.1) is 23.2 Å². The Bertz CT molecular complexity index is 3380. The molecule has 3 aromatic heterocycles. The van der Waals surface area contributed by atoms with Crippen molar-refractivity contribution in [3.8, 4) is 57.0 Å². The van der Waals surface area contributed by atoms with Crippen molar-refractivity contribution in [1.82, 2.24) is 19.5 Å². The summed E-state index contributed by atoms with van der Waals surface area (Å²) < 4.78 is 8.67. The summed E-state index contributed by atoms with van der Waals surface area (Å²) in [4.78, 5) is 15.5. The van der Waals surface area contributed by atoms with Crippen molar-refractivity contribution in [1.29, 1.82) is 5.26 Å². The summed E-state index contributed by atoms with van der Waals surface area (Å²) in [7, 11) is 0. The zero-order valence-corrected chi connectivity index (χ0v) is 33.8. The number of furan rings is 1. The van der Waals surface area contributed by atoms with E-state index < -0.39 is 0 Å². The minimum Gasteiger partial charge on any atom is -0.456 e. The van der Waals surface area contributed by atoms with Crippen LogP contribution in [-0.4, -0.2) is 19.5 Å². The predicted molar refractivity (Wildman–Crippen MR) is 245 cm³/mol. The Hall–Kier alpha value is -7.36. The molecule has 2 aliphatic rings. The van der Waals surface area contributed by atoms with Gasteiger partial charge in [-0.1, -0.05) is 123 Å². The van der Waals surface area contributed by atoms with E-state index in [-0.39, 0.29) is 5.41 Å². The second-order valence-electron chi connectivity index (χ2n) is 17.5. The minimum atomic E-state index is 0.276. The fraction of sp³-hybridized carbons (Fsp3) is 0.164. The van der Waals surface area contributed by atoms with E-state index in [9.17, 15) is 5.26 Å². The van der Waals surface area contributed by atoms with Gasteiger partial charge >= 0.3 is 0 Å². The second-order valence-corrected chi connectivity index (χ2v) is 17.5. The smallest absolute Gasteiger partial charge is 0.164 e. The molecule has 3 heterocycles. The van der Waals surface area contributed by atoms with Gasteiger partial charge in [0.05, 0.1) is 22.7 Å². The molecule has 0 N–H and O–H groups in total. The Balaban J connectivity index is 0.981. The molecule has 10 aromatic rings. The molecule has 0 saturated heterocycles. The van der Waals surface area contributed by atoms with Gasteiger partial charge in [0, 0.05) is 43.9 Å². The van der Waals surface area contributed by atoms with Gasteiger partial charge in [-0.3, -0.25) is 0 Å². The van der Waals surface area contributed by atoms with Crippen LogP contribution in [0.3, 0.4) is 0 Å². The third-order valence-electron chi connectivity index (χ3n) is 13.6. The van der Waals surface area contributed by atoms with Crippen molar-refractivity contribution < 1.29 is 4.42 Å². The van der Waals surface area contributed by atoms with Gasteiger partial charge in [0.1, 0.15) is 11.2 Å². The summed E-state index contributed by atoms with van der Waals surface area (Å²) in [5, 5.41) is 13.6. The molecule has 0 aliphatic heterocycles. The summed E-state index contributed by atoms with van der Waals surface area (Å²) in [6.07, 6.45) is 6.89. The quantitative estimate of drug-likeness (QED) is 0.168. The minimum absolute atomic E-state index is 0.276. The fourth-order valence-corrected chi connectivity index (χ4v) is 10.8. The number of hydrogen-bond acceptors (Lipinski definition) is 5. The van der Waals surface area contributed by atoms with E-state index in [1.807, 2.05) is 60.7 Å². The highest BCUT2D eigenvalue weighted by Crippen LogP contribution is 2.52. The van der Waals surface area contributed by atoms with E-state index in [1.165, 1.54) is 48.8 Å². The predicted octanol–water partition coefficient (Wildman–Crippen LogP) is 13.9. The molecule has 2 saturated carbocycles. The Morgan fingerprint density at radius 3 is 2.03 bits per heavy atom. The van der Waals surface area contributed by atoms with Crippen molar-refractivity contribution in [3.63, 3.8) is 0 Å². The highest BCUT2D eigenvalue weighted by molar-refractivity contribution is 6.15. The van der Waals surface area contributed by atoms with Gasteiger partial charge < -0.3 is 8.98 Å². The van der Waals surface area contributed by atoms with Crippen LogP contribution in [0.5, 0.6) is 0 Å². The number of fused-ring (bicyclic) bond motifs is 8. The fourth-order valence-electron chi connectivity index (χ4n) is 10.8. The van der Waals surface area contributed by atoms with Crippen molar-refractivity contribution in [2.45, 2.75) is 44.4 Å². The first-order valence-electron chi connectivity index (χ1n) is 21.4. The molecule has 6 heteroatoms. The van der Waals surface area contributed by atoms with Crippen LogP contribution in [0.15, 0.2) is 162 Å². The SMILES string of the molecule is CC1(c2ccc(-c3cccc(-n4c5ccccc5c5c(-c6nc(-c7ccccc7)nc(-c7ccc8c(c7)oc7cc(C#N)ccc78)n6)cccc54)c3)cc2)C[C@@H]2CC[C@@H](C2)C1. The highest BCUT2D eigenvalue weighted by atomic mass is 16.3. The Labute approximate surface area is 353 Å². The summed E-state index contributed by atoms with van der Waals surface area (Å²) in [5.74, 6) is 3.52. The topological polar surface area (TPSA) is 80.5 Å². The second kappa shape index (κ2) is 13.9. The van der Waals surface area contributed by atoms with Crippen LogP contribution >= 0.6 is 0 Å². The molecule has 61 heavy (non-hydrogen) atoms. The lowest BCUT2D eigenvalue weighted by Gasteiger charge is -2.38. The molecular formula is C55H41N5O. The lowest BCUT2D eigenvalue weighted by molar-refractivity contribution is 0.232. The zero-order valence-electron chi connectivity index (χ0n) is 33.8. The lowest BCUT2D eigenvalue weighted by Crippen LogP contribution is -2.30. The van der Waals surface area contributed by atoms with E-state index in [4.69, 9.17) is 19.4 Å². The molecule has 2 aliphatic carbocycles. The summed E-state index contributed by atoms with van der Waals surface area (Å²) in [6.45, 7) is 2.50. The van der Waals surface area contributed by atoms with Crippen molar-refractivity contribution in [2.24, 2.45) is 11.8 Å². The van der Waals surface area contributed by atoms with Gasteiger partial charge in [-0.25, -0.2) is 15.0 Å². The number of aromatic nitrogens is 4. The number of rotatable bonds is 6. The Kier molecular flexibility index (Phi) is 8.08. The molecule has 0 radical (unpaired) electrons. The molecule has 2 bridgehead atoms. The first-order chi connectivity index (χ1) is 30.0. The highest BCUT2D eigenvalue weighted by Gasteiger charge is 2.41. The normalized spacial score (nSPS) is 18.6. The van der Waals surface area contributed by atoms with Gasteiger partial charge in [0.25, 0.3) is 0 Å². The number of hydrogen-bond donors (Lipinski definition) is 0. The van der Waals surface area contributed by atoms with E-state index in [1.54, 1.807) is 6.07 Å². The number of nitriles is 1. The Morgan fingerprint density at radius 2 is 1.23 bits per heavy atom.